The third-order valence-corrected chi connectivity index (χ3v) is 6.92. The number of nitrogens with two attached hydrogens (primary N) is 1. The summed E-state index contributed by atoms with van der Waals surface area (Å²) in [5.74, 6) is 0.514. The lowest BCUT2D eigenvalue weighted by molar-refractivity contribution is -0.137. The van der Waals surface area contributed by atoms with Gasteiger partial charge in [-0.2, -0.15) is 13.2 Å². The van der Waals surface area contributed by atoms with Crippen LogP contribution in [0.1, 0.15) is 82.4 Å². The largest absolute Gasteiger partial charge is 0.416 e. The summed E-state index contributed by atoms with van der Waals surface area (Å²) in [7, 11) is 2.13. The van der Waals surface area contributed by atoms with Gasteiger partial charge in [0.05, 0.1) is 5.56 Å². The van der Waals surface area contributed by atoms with E-state index in [0.29, 0.717) is 30.0 Å². The molecule has 1 aromatic carbocycles. The first-order valence-electron chi connectivity index (χ1n) is 12.6. The van der Waals surface area contributed by atoms with E-state index < -0.39 is 11.7 Å². The van der Waals surface area contributed by atoms with Gasteiger partial charge in [-0.15, -0.1) is 0 Å². The van der Waals surface area contributed by atoms with Crippen LogP contribution in [0.25, 0.3) is 0 Å². The fourth-order valence-corrected chi connectivity index (χ4v) is 4.49. The molecule has 34 heavy (non-hydrogen) atoms. The maximum Gasteiger partial charge on any atom is 0.416 e. The number of nitrogens with zero attached hydrogens (tertiary/aromatic N) is 1. The van der Waals surface area contributed by atoms with Crippen LogP contribution in [0.2, 0.25) is 0 Å². The lowest BCUT2D eigenvalue weighted by Crippen LogP contribution is -2.46. The number of nitrogens with one attached hydrogen (secondary N) is 1. The van der Waals surface area contributed by atoms with Gasteiger partial charge >= 0.3 is 6.18 Å². The number of aryl methyl sites for hydroxylation is 2. The molecule has 0 unspecified atom stereocenters. The highest BCUT2D eigenvalue weighted by atomic mass is 19.4. The number of carbonyl (C=O) groups excluding carboxylic acids is 1. The fraction of sp³-hybridized carbons (Fsp3) is 0.667. The van der Waals surface area contributed by atoms with Crippen LogP contribution in [0.3, 0.4) is 0 Å². The minimum absolute atomic E-state index is 0.0720. The number of alkyl halides is 3. The first-order valence-corrected chi connectivity index (χ1v) is 12.6. The van der Waals surface area contributed by atoms with Gasteiger partial charge in [-0.05, 0) is 81.9 Å². The average Bonchev–Trinajstić information content (AvgIpc) is 2.78. The molecule has 1 amide bonds. The second-order valence-corrected chi connectivity index (χ2v) is 9.17. The minimum atomic E-state index is -4.23. The van der Waals surface area contributed by atoms with Crippen molar-refractivity contribution in [2.45, 2.75) is 103 Å². The summed E-state index contributed by atoms with van der Waals surface area (Å²) in [5, 5.41) is 2.88. The summed E-state index contributed by atoms with van der Waals surface area (Å²) < 4.78 is 36.9. The Hall–Kier alpha value is -2.02. The van der Waals surface area contributed by atoms with E-state index in [9.17, 15) is 18.0 Å². The van der Waals surface area contributed by atoms with Crippen molar-refractivity contribution in [3.63, 3.8) is 0 Å². The van der Waals surface area contributed by atoms with Crippen LogP contribution in [0.4, 0.5) is 13.2 Å². The summed E-state index contributed by atoms with van der Waals surface area (Å²) in [6, 6.07) is 5.22. The van der Waals surface area contributed by atoms with Crippen molar-refractivity contribution in [2.24, 2.45) is 11.7 Å². The summed E-state index contributed by atoms with van der Waals surface area (Å²) in [4.78, 5) is 12.7. The normalized spacial score (nSPS) is 21.0. The van der Waals surface area contributed by atoms with Crippen molar-refractivity contribution >= 4 is 6.41 Å². The average molecular weight is 484 g/mol. The van der Waals surface area contributed by atoms with E-state index in [0.717, 1.165) is 43.4 Å². The van der Waals surface area contributed by atoms with E-state index in [2.05, 4.69) is 23.8 Å². The van der Waals surface area contributed by atoms with Gasteiger partial charge in [-0.1, -0.05) is 39.0 Å². The van der Waals surface area contributed by atoms with Gasteiger partial charge in [0, 0.05) is 30.9 Å². The highest BCUT2D eigenvalue weighted by molar-refractivity contribution is 5.46. The number of benzene rings is 1. The molecular formula is C27H44F3N3O. The Kier molecular flexibility index (Phi) is 12.7. The molecule has 2 aliphatic carbocycles. The molecule has 0 bridgehead atoms. The van der Waals surface area contributed by atoms with Crippen molar-refractivity contribution in [1.82, 2.24) is 10.2 Å². The van der Waals surface area contributed by atoms with E-state index in [1.165, 1.54) is 31.4 Å². The second kappa shape index (κ2) is 14.4. The van der Waals surface area contributed by atoms with Crippen molar-refractivity contribution in [3.05, 3.63) is 47.2 Å². The molecular weight excluding hydrogens is 439 g/mol. The number of rotatable bonds is 7. The molecule has 1 aromatic rings. The van der Waals surface area contributed by atoms with Crippen LogP contribution < -0.4 is 11.1 Å². The van der Waals surface area contributed by atoms with Gasteiger partial charge in [0.25, 0.3) is 0 Å². The van der Waals surface area contributed by atoms with Gasteiger partial charge in [-0.25, -0.2) is 0 Å². The van der Waals surface area contributed by atoms with Gasteiger partial charge in [0.2, 0.25) is 6.41 Å². The minimum Gasteiger partial charge on any atom is -0.374 e. The first kappa shape index (κ1) is 30.0. The second-order valence-electron chi connectivity index (χ2n) is 9.17. The predicted molar refractivity (Wildman–Crippen MR) is 134 cm³/mol. The highest BCUT2D eigenvalue weighted by Gasteiger charge is 2.31. The number of likely N-dealkylation sites (N-methyl/N-ethyl adjacent to an activating group) is 1. The monoisotopic (exact) mass is 483 g/mol. The van der Waals surface area contributed by atoms with Crippen LogP contribution in [-0.2, 0) is 17.4 Å². The molecule has 4 nitrogen and oxygen atoms in total. The number of amides is 1. The Morgan fingerprint density at radius 3 is 2.21 bits per heavy atom. The molecule has 0 spiro atoms. The molecule has 0 aliphatic heterocycles. The molecule has 1 atom stereocenters. The molecule has 3 rings (SSSR count). The summed E-state index contributed by atoms with van der Waals surface area (Å²) in [5.41, 5.74) is 8.33. The fourth-order valence-electron chi connectivity index (χ4n) is 4.49. The predicted octanol–water partition coefficient (Wildman–Crippen LogP) is 6.22. The number of hydrogen-bond acceptors (Lipinski definition) is 3. The van der Waals surface area contributed by atoms with E-state index in [4.69, 9.17) is 5.73 Å². The maximum absolute atomic E-state index is 12.3. The number of halogens is 3. The summed E-state index contributed by atoms with van der Waals surface area (Å²) in [6.45, 7) is 11.7. The van der Waals surface area contributed by atoms with Gasteiger partial charge in [-0.3, -0.25) is 4.79 Å². The van der Waals surface area contributed by atoms with E-state index in [-0.39, 0.29) is 6.04 Å². The van der Waals surface area contributed by atoms with Crippen LogP contribution >= 0.6 is 0 Å². The smallest absolute Gasteiger partial charge is 0.374 e. The Labute approximate surface area is 204 Å². The van der Waals surface area contributed by atoms with E-state index in [1.807, 2.05) is 20.8 Å². The molecule has 7 heteroatoms. The molecule has 0 saturated heterocycles. The van der Waals surface area contributed by atoms with E-state index >= 15 is 0 Å². The molecule has 0 aromatic heterocycles. The van der Waals surface area contributed by atoms with Crippen molar-refractivity contribution in [3.8, 4) is 0 Å². The molecule has 0 heterocycles. The zero-order valence-corrected chi connectivity index (χ0v) is 21.5. The lowest BCUT2D eigenvalue weighted by Gasteiger charge is -2.41. The van der Waals surface area contributed by atoms with Gasteiger partial charge < -0.3 is 16.0 Å². The lowest BCUT2D eigenvalue weighted by atomic mass is 9.80. The van der Waals surface area contributed by atoms with Crippen LogP contribution in [0.15, 0.2) is 30.5 Å². The Morgan fingerprint density at radius 2 is 1.76 bits per heavy atom. The van der Waals surface area contributed by atoms with Crippen LogP contribution in [0.5, 0.6) is 0 Å². The SMILES string of the molecule is C=C([C@@H](N)C1CCC(NC=O)CC1)N(C)C1CCC1.CC.CCc1cc(C)cc(C(F)(F)F)c1. The Bertz CT molecular complexity index is 754. The van der Waals surface area contributed by atoms with Gasteiger partial charge in [0.1, 0.15) is 0 Å². The number of carbonyl (C=O) groups is 1. The zero-order valence-electron chi connectivity index (χ0n) is 21.5. The quantitative estimate of drug-likeness (QED) is 0.453. The van der Waals surface area contributed by atoms with Crippen molar-refractivity contribution < 1.29 is 18.0 Å². The molecule has 2 aliphatic rings. The van der Waals surface area contributed by atoms with Crippen molar-refractivity contribution in [1.29, 1.82) is 0 Å². The Balaban J connectivity index is 0.000000337. The third kappa shape index (κ3) is 8.97. The van der Waals surface area contributed by atoms with Crippen LogP contribution in [0, 0.1) is 12.8 Å². The van der Waals surface area contributed by atoms with Gasteiger partial charge in [0.15, 0.2) is 0 Å². The van der Waals surface area contributed by atoms with Crippen LogP contribution in [-0.4, -0.2) is 36.5 Å². The molecule has 2 fully saturated rings. The molecule has 0 radical (unpaired) electrons. The molecule has 3 N–H and O–H groups in total. The zero-order chi connectivity index (χ0) is 25.9. The standard InChI is InChI=1S/C15H27N3O.C10H11F3.C2H6/c1-11(18(2)14-4-3-5-14)15(16)12-6-8-13(9-7-12)17-10-19;1-3-8-4-7(2)5-9(6-8)10(11,12)13;1-2/h10,12-15H,1,3-9,16H2,2H3,(H,17,19);4-6H,3H2,1-2H3;1-2H3/t12?,13?,15-;;/m1../s1. The maximum atomic E-state index is 12.3. The highest BCUT2D eigenvalue weighted by Crippen LogP contribution is 2.32. The molecule has 194 valence electrons. The topological polar surface area (TPSA) is 58.4 Å². The number of hydrogen-bond donors (Lipinski definition) is 2. The van der Waals surface area contributed by atoms with Crippen molar-refractivity contribution in [2.75, 3.05) is 7.05 Å². The summed E-state index contributed by atoms with van der Waals surface area (Å²) in [6.07, 6.45) is 5.36. The summed E-state index contributed by atoms with van der Waals surface area (Å²) >= 11 is 0. The molecule has 2 saturated carbocycles. The van der Waals surface area contributed by atoms with E-state index in [1.54, 1.807) is 13.0 Å². The Morgan fingerprint density at radius 1 is 1.18 bits per heavy atom. The third-order valence-electron chi connectivity index (χ3n) is 6.92. The first-order chi connectivity index (χ1) is 16.1.